The summed E-state index contributed by atoms with van der Waals surface area (Å²) in [5.41, 5.74) is 0.219. The minimum absolute atomic E-state index is 0.219. The molecule has 1 rings (SSSR count). The number of carboxylic acid groups (broad SMARTS) is 1. The van der Waals surface area contributed by atoms with Crippen molar-refractivity contribution in [2.75, 3.05) is 0 Å². The normalized spacial score (nSPS) is 7.87. The number of carboxylic acids is 1. The van der Waals surface area contributed by atoms with E-state index in [9.17, 15) is 4.79 Å². The first kappa shape index (κ1) is 16.9. The number of hydrogen-bond acceptors (Lipinski definition) is 2. The van der Waals surface area contributed by atoms with Gasteiger partial charge in [0.1, 0.15) is 0 Å². The summed E-state index contributed by atoms with van der Waals surface area (Å²) in [6, 6.07) is 4.82. The van der Waals surface area contributed by atoms with E-state index in [2.05, 4.69) is 28.6 Å². The van der Waals surface area contributed by atoms with Crippen molar-refractivity contribution in [1.29, 1.82) is 0 Å². The largest absolute Gasteiger partial charge is 0.478 e. The minimum atomic E-state index is -0.956. The van der Waals surface area contributed by atoms with E-state index in [1.165, 1.54) is 6.07 Å². The van der Waals surface area contributed by atoms with Gasteiger partial charge in [-0.2, -0.15) is 0 Å². The van der Waals surface area contributed by atoms with Crippen LogP contribution < -0.4 is 0 Å². The Balaban J connectivity index is 0. The molecule has 86 valence electrons. The molecule has 0 aromatic heterocycles. The van der Waals surface area contributed by atoms with Gasteiger partial charge in [-0.15, -0.1) is 12.6 Å². The van der Waals surface area contributed by atoms with Crippen LogP contribution in [-0.2, 0) is 0 Å². The summed E-state index contributed by atoms with van der Waals surface area (Å²) in [7, 11) is 0. The monoisotopic (exact) mass is 292 g/mol. The Morgan fingerprint density at radius 3 is 2.07 bits per heavy atom. The summed E-state index contributed by atoms with van der Waals surface area (Å²) < 4.78 is 0.826. The summed E-state index contributed by atoms with van der Waals surface area (Å²) in [6.07, 6.45) is 0. The molecular formula is C11H17BrO2S. The molecule has 1 aromatic carbocycles. The molecule has 0 bridgehead atoms. The van der Waals surface area contributed by atoms with Crippen molar-refractivity contribution >= 4 is 34.5 Å². The third-order valence-electron chi connectivity index (χ3n) is 1.19. The van der Waals surface area contributed by atoms with Crippen LogP contribution in [0.3, 0.4) is 0 Å². The van der Waals surface area contributed by atoms with E-state index in [0.717, 1.165) is 4.47 Å². The summed E-state index contributed by atoms with van der Waals surface area (Å²) in [5.74, 6) is -0.956. The first-order valence-corrected chi connectivity index (χ1v) is 6.07. The number of rotatable bonds is 1. The number of thiol groups is 1. The predicted molar refractivity (Wildman–Crippen MR) is 71.0 cm³/mol. The lowest BCUT2D eigenvalue weighted by atomic mass is 10.2. The van der Waals surface area contributed by atoms with E-state index in [1.807, 2.05) is 27.7 Å². The van der Waals surface area contributed by atoms with E-state index in [1.54, 1.807) is 12.1 Å². The van der Waals surface area contributed by atoms with Crippen LogP contribution in [0.15, 0.2) is 27.6 Å². The van der Waals surface area contributed by atoms with Crippen LogP contribution in [0.25, 0.3) is 0 Å². The Morgan fingerprint density at radius 1 is 1.27 bits per heavy atom. The first-order chi connectivity index (χ1) is 7.11. The van der Waals surface area contributed by atoms with Crippen molar-refractivity contribution in [3.05, 3.63) is 28.2 Å². The van der Waals surface area contributed by atoms with Crippen LogP contribution in [-0.4, -0.2) is 11.1 Å². The van der Waals surface area contributed by atoms with Crippen LogP contribution in [0.1, 0.15) is 38.1 Å². The zero-order valence-electron chi connectivity index (χ0n) is 9.41. The fourth-order valence-electron chi connectivity index (χ4n) is 0.686. The molecule has 0 saturated carbocycles. The highest BCUT2D eigenvalue weighted by atomic mass is 79.9. The van der Waals surface area contributed by atoms with Gasteiger partial charge >= 0.3 is 5.97 Å². The Morgan fingerprint density at radius 2 is 1.73 bits per heavy atom. The Bertz CT molecular complexity index is 301. The van der Waals surface area contributed by atoms with E-state index in [4.69, 9.17) is 5.11 Å². The lowest BCUT2D eigenvalue weighted by Gasteiger charge is -1.98. The van der Waals surface area contributed by atoms with Crippen molar-refractivity contribution in [2.45, 2.75) is 32.6 Å². The first-order valence-electron chi connectivity index (χ1n) is 4.83. The average Bonchev–Trinajstić information content (AvgIpc) is 2.23. The van der Waals surface area contributed by atoms with Gasteiger partial charge < -0.3 is 5.11 Å². The van der Waals surface area contributed by atoms with Gasteiger partial charge in [0, 0.05) is 9.37 Å². The van der Waals surface area contributed by atoms with Gasteiger partial charge in [-0.1, -0.05) is 43.6 Å². The highest BCUT2D eigenvalue weighted by Gasteiger charge is 2.06. The molecule has 4 heteroatoms. The van der Waals surface area contributed by atoms with Gasteiger partial charge in [0.2, 0.25) is 0 Å². The maximum absolute atomic E-state index is 10.5. The van der Waals surface area contributed by atoms with Crippen LogP contribution in [0.4, 0.5) is 0 Å². The molecule has 0 aliphatic carbocycles. The minimum Gasteiger partial charge on any atom is -0.478 e. The second kappa shape index (κ2) is 10.1. The highest BCUT2D eigenvalue weighted by molar-refractivity contribution is 9.10. The van der Waals surface area contributed by atoms with Crippen molar-refractivity contribution in [2.24, 2.45) is 0 Å². The lowest BCUT2D eigenvalue weighted by Crippen LogP contribution is -1.96. The molecule has 1 aromatic rings. The molecule has 15 heavy (non-hydrogen) atoms. The van der Waals surface area contributed by atoms with Crippen LogP contribution >= 0.6 is 28.6 Å². The van der Waals surface area contributed by atoms with Gasteiger partial charge in [-0.05, 0) is 18.2 Å². The molecule has 0 fully saturated rings. The molecule has 0 unspecified atom stereocenters. The maximum atomic E-state index is 10.5. The molecule has 2 nitrogen and oxygen atoms in total. The van der Waals surface area contributed by atoms with Crippen LogP contribution in [0.2, 0.25) is 0 Å². The molecule has 1 N–H and O–H groups in total. The summed E-state index contributed by atoms with van der Waals surface area (Å²) in [5, 5.41) is 8.59. The van der Waals surface area contributed by atoms with Gasteiger partial charge in [0.25, 0.3) is 0 Å². The van der Waals surface area contributed by atoms with E-state index in [-0.39, 0.29) is 5.56 Å². The third kappa shape index (κ3) is 6.57. The summed E-state index contributed by atoms with van der Waals surface area (Å²) in [6.45, 7) is 8.00. The Hall–Kier alpha value is -0.480. The quantitative estimate of drug-likeness (QED) is 0.749. The standard InChI is InChI=1S/C7H5BrO2S.2C2H6/c8-4-1-2-5(7(9)10)6(11)3-4;2*1-2/h1-3,11H,(H,9,10);2*1-2H3. The number of carbonyl (C=O) groups is 1. The van der Waals surface area contributed by atoms with Gasteiger partial charge in [0.05, 0.1) is 5.56 Å². The van der Waals surface area contributed by atoms with Gasteiger partial charge in [-0.3, -0.25) is 0 Å². The number of hydrogen-bond donors (Lipinski definition) is 2. The molecule has 0 amide bonds. The van der Waals surface area contributed by atoms with Crippen molar-refractivity contribution in [1.82, 2.24) is 0 Å². The van der Waals surface area contributed by atoms with Crippen molar-refractivity contribution in [3.63, 3.8) is 0 Å². The molecule has 0 saturated heterocycles. The molecular weight excluding hydrogens is 276 g/mol. The predicted octanol–water partition coefficient (Wildman–Crippen LogP) is 4.49. The van der Waals surface area contributed by atoms with Crippen molar-refractivity contribution < 1.29 is 9.90 Å². The number of halogens is 1. The van der Waals surface area contributed by atoms with E-state index < -0.39 is 5.97 Å². The summed E-state index contributed by atoms with van der Waals surface area (Å²) in [4.78, 5) is 10.9. The second-order valence-electron chi connectivity index (χ2n) is 1.97. The Kier molecular flexibility index (Phi) is 11.3. The van der Waals surface area contributed by atoms with Gasteiger partial charge in [-0.25, -0.2) is 4.79 Å². The highest BCUT2D eigenvalue weighted by Crippen LogP contribution is 2.19. The molecule has 0 heterocycles. The van der Waals surface area contributed by atoms with E-state index in [0.29, 0.717) is 4.90 Å². The number of aromatic carboxylic acids is 1. The summed E-state index contributed by atoms with van der Waals surface area (Å²) >= 11 is 7.20. The SMILES string of the molecule is CC.CC.O=C(O)c1ccc(Br)cc1S. The second-order valence-corrected chi connectivity index (χ2v) is 3.36. The van der Waals surface area contributed by atoms with Crippen LogP contribution in [0, 0.1) is 0 Å². The molecule has 0 spiro atoms. The fraction of sp³-hybridized carbons (Fsp3) is 0.364. The zero-order chi connectivity index (χ0) is 12.4. The van der Waals surface area contributed by atoms with Crippen LogP contribution in [0.5, 0.6) is 0 Å². The average molecular weight is 293 g/mol. The third-order valence-corrected chi connectivity index (χ3v) is 2.05. The molecule has 0 aliphatic rings. The number of benzene rings is 1. The molecule has 0 atom stereocenters. The van der Waals surface area contributed by atoms with Gasteiger partial charge in [0.15, 0.2) is 0 Å². The Labute approximate surface area is 105 Å². The molecule has 0 radical (unpaired) electrons. The topological polar surface area (TPSA) is 37.3 Å². The smallest absolute Gasteiger partial charge is 0.336 e. The maximum Gasteiger partial charge on any atom is 0.336 e. The lowest BCUT2D eigenvalue weighted by molar-refractivity contribution is 0.0693. The zero-order valence-corrected chi connectivity index (χ0v) is 11.9. The van der Waals surface area contributed by atoms with Crippen molar-refractivity contribution in [3.8, 4) is 0 Å². The fourth-order valence-corrected chi connectivity index (χ4v) is 1.53. The molecule has 0 aliphatic heterocycles. The van der Waals surface area contributed by atoms with E-state index >= 15 is 0 Å².